The van der Waals surface area contributed by atoms with Crippen molar-refractivity contribution in [1.29, 1.82) is 0 Å². The van der Waals surface area contributed by atoms with Gasteiger partial charge in [-0.1, -0.05) is 6.92 Å². The fourth-order valence-electron chi connectivity index (χ4n) is 0.645. The molecule has 4 heteroatoms. The van der Waals surface area contributed by atoms with Crippen molar-refractivity contribution < 1.29 is 17.9 Å². The molecule has 0 aromatic carbocycles. The summed E-state index contributed by atoms with van der Waals surface area (Å²) in [5, 5.41) is 0. The standard InChI is InChI=1S/C6H11F3O/c1-3-5(10-4-2)6(7,8)9/h5H,3-4H2,1-2H3/t5-/m0/s1. The van der Waals surface area contributed by atoms with Crippen LogP contribution in [0.3, 0.4) is 0 Å². The summed E-state index contributed by atoms with van der Waals surface area (Å²) in [6.45, 7) is 3.11. The Kier molecular flexibility index (Phi) is 3.71. The van der Waals surface area contributed by atoms with Crippen LogP contribution >= 0.6 is 0 Å². The minimum absolute atomic E-state index is 0.0165. The van der Waals surface area contributed by atoms with Crippen molar-refractivity contribution in [3.8, 4) is 0 Å². The number of halogens is 3. The van der Waals surface area contributed by atoms with Gasteiger partial charge >= 0.3 is 6.18 Å². The van der Waals surface area contributed by atoms with Crippen molar-refractivity contribution in [1.82, 2.24) is 0 Å². The van der Waals surface area contributed by atoms with Gasteiger partial charge in [0.2, 0.25) is 0 Å². The Labute approximate surface area is 58.2 Å². The van der Waals surface area contributed by atoms with Gasteiger partial charge in [0.25, 0.3) is 0 Å². The lowest BCUT2D eigenvalue weighted by molar-refractivity contribution is -0.219. The van der Waals surface area contributed by atoms with Crippen molar-refractivity contribution in [2.24, 2.45) is 0 Å². The molecule has 0 spiro atoms. The summed E-state index contributed by atoms with van der Waals surface area (Å²) in [5.41, 5.74) is 0. The normalized spacial score (nSPS) is 15.3. The van der Waals surface area contributed by atoms with Crippen LogP contribution in [0.1, 0.15) is 20.3 Å². The van der Waals surface area contributed by atoms with E-state index in [1.54, 1.807) is 6.92 Å². The molecule has 10 heavy (non-hydrogen) atoms. The topological polar surface area (TPSA) is 9.23 Å². The second kappa shape index (κ2) is 3.81. The molecule has 1 atom stereocenters. The van der Waals surface area contributed by atoms with Crippen LogP contribution in [-0.2, 0) is 4.74 Å². The van der Waals surface area contributed by atoms with Gasteiger partial charge in [0.15, 0.2) is 6.10 Å². The Hall–Kier alpha value is -0.250. The van der Waals surface area contributed by atoms with Gasteiger partial charge in [-0.05, 0) is 13.3 Å². The lowest BCUT2D eigenvalue weighted by atomic mass is 10.3. The van der Waals surface area contributed by atoms with Gasteiger partial charge < -0.3 is 4.74 Å². The van der Waals surface area contributed by atoms with Crippen LogP contribution in [0.5, 0.6) is 0 Å². The molecule has 0 bridgehead atoms. The molecule has 0 amide bonds. The average molecular weight is 156 g/mol. The number of hydrogen-bond acceptors (Lipinski definition) is 1. The highest BCUT2D eigenvalue weighted by Crippen LogP contribution is 2.24. The maximum absolute atomic E-state index is 11.8. The van der Waals surface area contributed by atoms with E-state index in [1.165, 1.54) is 6.92 Å². The van der Waals surface area contributed by atoms with Gasteiger partial charge in [0, 0.05) is 6.61 Å². The molecule has 0 saturated carbocycles. The first-order chi connectivity index (χ1) is 4.52. The molecule has 0 aromatic rings. The molecular weight excluding hydrogens is 145 g/mol. The molecule has 0 radical (unpaired) electrons. The van der Waals surface area contributed by atoms with Crippen LogP contribution in [0.15, 0.2) is 0 Å². The molecule has 0 rings (SSSR count). The van der Waals surface area contributed by atoms with E-state index in [4.69, 9.17) is 0 Å². The third-order valence-electron chi connectivity index (χ3n) is 1.10. The highest BCUT2D eigenvalue weighted by Gasteiger charge is 2.38. The summed E-state index contributed by atoms with van der Waals surface area (Å²) in [4.78, 5) is 0. The molecule has 0 saturated heterocycles. The van der Waals surface area contributed by atoms with Gasteiger partial charge in [-0.3, -0.25) is 0 Å². The first kappa shape index (κ1) is 9.75. The second-order valence-corrected chi connectivity index (χ2v) is 1.89. The second-order valence-electron chi connectivity index (χ2n) is 1.89. The zero-order valence-corrected chi connectivity index (χ0v) is 6.03. The molecule has 0 N–H and O–H groups in total. The average Bonchev–Trinajstić information content (AvgIpc) is 1.80. The third kappa shape index (κ3) is 3.06. The van der Waals surface area contributed by atoms with E-state index >= 15 is 0 Å². The van der Waals surface area contributed by atoms with E-state index in [-0.39, 0.29) is 13.0 Å². The van der Waals surface area contributed by atoms with Gasteiger partial charge in [0.05, 0.1) is 0 Å². The van der Waals surface area contributed by atoms with Crippen molar-refractivity contribution in [3.63, 3.8) is 0 Å². The fraction of sp³-hybridized carbons (Fsp3) is 1.00. The highest BCUT2D eigenvalue weighted by atomic mass is 19.4. The quantitative estimate of drug-likeness (QED) is 0.609. The molecule has 0 aliphatic rings. The summed E-state index contributed by atoms with van der Waals surface area (Å²) in [6.07, 6.45) is -5.81. The predicted molar refractivity (Wildman–Crippen MR) is 31.8 cm³/mol. The number of hydrogen-bond donors (Lipinski definition) is 0. The van der Waals surface area contributed by atoms with E-state index in [0.29, 0.717) is 0 Å². The predicted octanol–water partition coefficient (Wildman–Crippen LogP) is 2.36. The Morgan fingerprint density at radius 2 is 1.80 bits per heavy atom. The van der Waals surface area contributed by atoms with Crippen LogP contribution in [0.4, 0.5) is 13.2 Å². The van der Waals surface area contributed by atoms with Gasteiger partial charge in [0.1, 0.15) is 0 Å². The summed E-state index contributed by atoms with van der Waals surface area (Å²) >= 11 is 0. The van der Waals surface area contributed by atoms with E-state index < -0.39 is 12.3 Å². The van der Waals surface area contributed by atoms with E-state index in [1.807, 2.05) is 0 Å². The molecule has 1 nitrogen and oxygen atoms in total. The van der Waals surface area contributed by atoms with Crippen molar-refractivity contribution in [3.05, 3.63) is 0 Å². The minimum Gasteiger partial charge on any atom is -0.369 e. The number of alkyl halides is 3. The Morgan fingerprint density at radius 3 is 1.90 bits per heavy atom. The van der Waals surface area contributed by atoms with Crippen LogP contribution < -0.4 is 0 Å². The summed E-state index contributed by atoms with van der Waals surface area (Å²) in [6, 6.07) is 0. The SMILES string of the molecule is CCO[C@@H](CC)C(F)(F)F. The first-order valence-electron chi connectivity index (χ1n) is 3.20. The van der Waals surface area contributed by atoms with Crippen LogP contribution in [0, 0.1) is 0 Å². The van der Waals surface area contributed by atoms with Gasteiger partial charge in [-0.15, -0.1) is 0 Å². The Balaban J connectivity index is 3.81. The summed E-state index contributed by atoms with van der Waals surface area (Å²) in [5.74, 6) is 0. The maximum atomic E-state index is 11.8. The van der Waals surface area contributed by atoms with E-state index in [0.717, 1.165) is 0 Å². The van der Waals surface area contributed by atoms with Crippen LogP contribution in [0.2, 0.25) is 0 Å². The Bertz CT molecular complexity index is 89.5. The molecule has 0 unspecified atom stereocenters. The smallest absolute Gasteiger partial charge is 0.369 e. The minimum atomic E-state index is -4.20. The van der Waals surface area contributed by atoms with E-state index in [2.05, 4.69) is 4.74 Å². The lowest BCUT2D eigenvalue weighted by Gasteiger charge is -2.17. The van der Waals surface area contributed by atoms with Gasteiger partial charge in [-0.25, -0.2) is 0 Å². The van der Waals surface area contributed by atoms with Crippen LogP contribution in [0.25, 0.3) is 0 Å². The van der Waals surface area contributed by atoms with Gasteiger partial charge in [-0.2, -0.15) is 13.2 Å². The molecular formula is C6H11F3O. The monoisotopic (exact) mass is 156 g/mol. The molecule has 0 fully saturated rings. The van der Waals surface area contributed by atoms with Crippen molar-refractivity contribution >= 4 is 0 Å². The third-order valence-corrected chi connectivity index (χ3v) is 1.10. The first-order valence-corrected chi connectivity index (χ1v) is 3.20. The molecule has 0 aliphatic carbocycles. The number of ether oxygens (including phenoxy) is 1. The van der Waals surface area contributed by atoms with Crippen molar-refractivity contribution in [2.75, 3.05) is 6.61 Å². The Morgan fingerprint density at radius 1 is 1.30 bits per heavy atom. The molecule has 0 heterocycles. The molecule has 0 aromatic heterocycles. The highest BCUT2D eigenvalue weighted by molar-refractivity contribution is 4.64. The number of rotatable bonds is 3. The zero-order chi connectivity index (χ0) is 8.20. The lowest BCUT2D eigenvalue weighted by Crippen LogP contribution is -2.30. The van der Waals surface area contributed by atoms with Crippen LogP contribution in [-0.4, -0.2) is 18.9 Å². The molecule has 0 aliphatic heterocycles. The van der Waals surface area contributed by atoms with E-state index in [9.17, 15) is 13.2 Å². The maximum Gasteiger partial charge on any atom is 0.414 e. The fourth-order valence-corrected chi connectivity index (χ4v) is 0.645. The molecule has 62 valence electrons. The summed E-state index contributed by atoms with van der Waals surface area (Å²) in [7, 11) is 0. The largest absolute Gasteiger partial charge is 0.414 e. The zero-order valence-electron chi connectivity index (χ0n) is 6.03. The summed E-state index contributed by atoms with van der Waals surface area (Å²) < 4.78 is 39.8. The van der Waals surface area contributed by atoms with Crippen molar-refractivity contribution in [2.45, 2.75) is 32.5 Å².